The second-order valence-corrected chi connectivity index (χ2v) is 9.14. The van der Waals surface area contributed by atoms with Gasteiger partial charge < -0.3 is 0 Å². The van der Waals surface area contributed by atoms with Gasteiger partial charge in [-0.15, -0.1) is 0 Å². The van der Waals surface area contributed by atoms with Crippen molar-refractivity contribution in [1.82, 2.24) is 4.90 Å². The van der Waals surface area contributed by atoms with E-state index in [1.165, 1.54) is 36.7 Å². The van der Waals surface area contributed by atoms with Gasteiger partial charge in [0, 0.05) is 16.4 Å². The Bertz CT molecular complexity index is 1320. The summed E-state index contributed by atoms with van der Waals surface area (Å²) in [5, 5.41) is 9.61. The molecule has 1 aromatic heterocycles. The summed E-state index contributed by atoms with van der Waals surface area (Å²) in [6.45, 7) is 1.72. The fourth-order valence-corrected chi connectivity index (χ4v) is 4.62. The zero-order chi connectivity index (χ0) is 22.3. The molecule has 0 atom stereocenters. The lowest BCUT2D eigenvalue weighted by Gasteiger charge is -2.13. The fraction of sp³-hybridized carbons (Fsp3) is 0.0952. The first kappa shape index (κ1) is 20.8. The number of halogens is 1. The number of sulfonamides is 1. The number of anilines is 1. The molecule has 10 heteroatoms. The molecule has 2 heterocycles. The largest absolute Gasteiger partial charge is 0.285 e. The summed E-state index contributed by atoms with van der Waals surface area (Å²) in [5.74, 6) is -1.33. The number of carbonyl (C=O) groups is 2. The molecule has 2 N–H and O–H groups in total. The van der Waals surface area contributed by atoms with Crippen LogP contribution in [0.3, 0.4) is 0 Å². The van der Waals surface area contributed by atoms with Gasteiger partial charge in [0.05, 0.1) is 33.3 Å². The van der Waals surface area contributed by atoms with Crippen LogP contribution in [0.2, 0.25) is 5.02 Å². The molecular formula is C21H17ClN3O5S+. The van der Waals surface area contributed by atoms with Crippen molar-refractivity contribution in [3.63, 3.8) is 0 Å². The summed E-state index contributed by atoms with van der Waals surface area (Å²) in [7, 11) is -4.00. The molecule has 0 saturated heterocycles. The molecule has 0 spiro atoms. The van der Waals surface area contributed by atoms with Crippen LogP contribution >= 0.6 is 11.6 Å². The summed E-state index contributed by atoms with van der Waals surface area (Å²) in [6.07, 6.45) is 2.74. The molecule has 0 unspecified atom stereocenters. The third kappa shape index (κ3) is 3.85. The van der Waals surface area contributed by atoms with Crippen LogP contribution in [0.25, 0.3) is 0 Å². The number of nitrogens with zero attached hydrogens (tertiary/aromatic N) is 2. The molecule has 0 radical (unpaired) electrons. The van der Waals surface area contributed by atoms with Crippen LogP contribution in [0.15, 0.2) is 65.8 Å². The molecule has 2 aromatic carbocycles. The topological polar surface area (TPSA) is 108 Å². The Labute approximate surface area is 183 Å². The average molecular weight is 459 g/mol. The molecule has 2 amide bonds. The number of nitrogens with one attached hydrogen (secondary N) is 1. The average Bonchev–Trinajstić information content (AvgIpc) is 2.96. The van der Waals surface area contributed by atoms with Crippen molar-refractivity contribution >= 4 is 39.1 Å². The minimum Gasteiger partial charge on any atom is -0.285 e. The highest BCUT2D eigenvalue weighted by molar-refractivity contribution is 7.92. The molecule has 0 aliphatic carbocycles. The standard InChI is InChI=1S/C21H16ClN3O5S/c1-13-4-6-15(7-5-13)31(29,30)23-17-9-8-16(22)18-19(17)21(27)25(20(18)26)12-14-3-2-10-24(28)11-14/h2-11H,12H2,1H3,(H-,23,27,28)/p+1. The predicted molar refractivity (Wildman–Crippen MR) is 111 cm³/mol. The Balaban J connectivity index is 1.71. The van der Waals surface area contributed by atoms with Crippen molar-refractivity contribution in [1.29, 1.82) is 0 Å². The SMILES string of the molecule is Cc1ccc(S(=O)(=O)Nc2ccc(Cl)c3c2C(=O)N(Cc2ccc[n+](O)c2)C3=O)cc1. The highest BCUT2D eigenvalue weighted by Gasteiger charge is 2.40. The van der Waals surface area contributed by atoms with Gasteiger partial charge in [-0.1, -0.05) is 29.3 Å². The highest BCUT2D eigenvalue weighted by atomic mass is 35.5. The van der Waals surface area contributed by atoms with Crippen LogP contribution in [-0.2, 0) is 16.6 Å². The zero-order valence-electron chi connectivity index (χ0n) is 16.2. The molecule has 3 aromatic rings. The number of hydrogen-bond acceptors (Lipinski definition) is 5. The number of amides is 2. The van der Waals surface area contributed by atoms with E-state index >= 15 is 0 Å². The van der Waals surface area contributed by atoms with Crippen LogP contribution in [-0.4, -0.2) is 30.3 Å². The summed E-state index contributed by atoms with van der Waals surface area (Å²) in [6, 6.07) is 12.1. The quantitative estimate of drug-likeness (QED) is 0.347. The van der Waals surface area contributed by atoms with Crippen LogP contribution in [0.1, 0.15) is 31.8 Å². The molecule has 4 rings (SSSR count). The normalized spacial score (nSPS) is 13.4. The number of imide groups is 1. The Kier molecular flexibility index (Phi) is 5.16. The van der Waals surface area contributed by atoms with Crippen LogP contribution in [0, 0.1) is 6.92 Å². The van der Waals surface area contributed by atoms with Gasteiger partial charge in [-0.25, -0.2) is 8.42 Å². The summed E-state index contributed by atoms with van der Waals surface area (Å²) in [5.41, 5.74) is 1.18. The maximum absolute atomic E-state index is 13.1. The second kappa shape index (κ2) is 7.68. The fourth-order valence-electron chi connectivity index (χ4n) is 3.31. The van der Waals surface area contributed by atoms with Crippen molar-refractivity contribution in [3.05, 3.63) is 88.2 Å². The number of fused-ring (bicyclic) bond motifs is 1. The lowest BCUT2D eigenvalue weighted by molar-refractivity contribution is -0.905. The summed E-state index contributed by atoms with van der Waals surface area (Å²) in [4.78, 5) is 27.0. The van der Waals surface area contributed by atoms with Gasteiger partial charge in [-0.05, 0) is 37.3 Å². The maximum Gasteiger partial charge on any atom is 0.264 e. The number of aryl methyl sites for hydroxylation is 1. The maximum atomic E-state index is 13.1. The van der Waals surface area contributed by atoms with E-state index in [0.717, 1.165) is 15.2 Å². The molecule has 8 nitrogen and oxygen atoms in total. The molecule has 1 aliphatic rings. The Morgan fingerprint density at radius 2 is 1.71 bits per heavy atom. The van der Waals surface area contributed by atoms with E-state index in [2.05, 4.69) is 4.72 Å². The second-order valence-electron chi connectivity index (χ2n) is 7.05. The summed E-state index contributed by atoms with van der Waals surface area (Å²) >= 11 is 6.18. The van der Waals surface area contributed by atoms with Gasteiger partial charge in [-0.3, -0.25) is 24.4 Å². The predicted octanol–water partition coefficient (Wildman–Crippen LogP) is 2.77. The zero-order valence-corrected chi connectivity index (χ0v) is 17.8. The first-order valence-electron chi connectivity index (χ1n) is 9.15. The van der Waals surface area contributed by atoms with Gasteiger partial charge in [-0.2, -0.15) is 0 Å². The Morgan fingerprint density at radius 1 is 1.03 bits per heavy atom. The van der Waals surface area contributed by atoms with Crippen LogP contribution < -0.4 is 9.45 Å². The number of carbonyl (C=O) groups excluding carboxylic acids is 2. The van der Waals surface area contributed by atoms with Crippen molar-refractivity contribution in [3.8, 4) is 0 Å². The van der Waals surface area contributed by atoms with E-state index in [0.29, 0.717) is 5.56 Å². The first-order chi connectivity index (χ1) is 14.7. The third-order valence-corrected chi connectivity index (χ3v) is 6.53. The van der Waals surface area contributed by atoms with Crippen LogP contribution in [0.4, 0.5) is 5.69 Å². The number of hydrogen-bond donors (Lipinski definition) is 2. The smallest absolute Gasteiger partial charge is 0.264 e. The van der Waals surface area contributed by atoms with Gasteiger partial charge in [0.25, 0.3) is 21.8 Å². The van der Waals surface area contributed by atoms with Crippen molar-refractivity contribution in [2.45, 2.75) is 18.4 Å². The van der Waals surface area contributed by atoms with Gasteiger partial charge in [0.1, 0.15) is 0 Å². The third-order valence-electron chi connectivity index (χ3n) is 4.84. The lowest BCUT2D eigenvalue weighted by atomic mass is 10.1. The van der Waals surface area contributed by atoms with Crippen molar-refractivity contribution in [2.24, 2.45) is 0 Å². The minimum absolute atomic E-state index is 0.0206. The molecule has 158 valence electrons. The van der Waals surface area contributed by atoms with Gasteiger partial charge in [0.2, 0.25) is 12.4 Å². The molecule has 0 bridgehead atoms. The number of rotatable bonds is 5. The van der Waals surface area contributed by atoms with E-state index in [9.17, 15) is 23.2 Å². The molecule has 31 heavy (non-hydrogen) atoms. The molecular weight excluding hydrogens is 442 g/mol. The Hall–Kier alpha value is -3.43. The van der Waals surface area contributed by atoms with E-state index in [-0.39, 0.29) is 33.3 Å². The van der Waals surface area contributed by atoms with Crippen LogP contribution in [0.5, 0.6) is 0 Å². The van der Waals surface area contributed by atoms with Crippen molar-refractivity contribution in [2.75, 3.05) is 4.72 Å². The van der Waals surface area contributed by atoms with E-state index in [1.807, 2.05) is 6.92 Å². The van der Waals surface area contributed by atoms with Crippen molar-refractivity contribution < 1.29 is 27.9 Å². The monoisotopic (exact) mass is 458 g/mol. The van der Waals surface area contributed by atoms with Gasteiger partial charge >= 0.3 is 0 Å². The molecule has 0 saturated carbocycles. The number of pyridine rings is 1. The highest BCUT2D eigenvalue weighted by Crippen LogP contribution is 2.36. The Morgan fingerprint density at radius 3 is 2.39 bits per heavy atom. The minimum atomic E-state index is -4.00. The summed E-state index contributed by atoms with van der Waals surface area (Å²) < 4.78 is 28.8. The number of benzene rings is 2. The van der Waals surface area contributed by atoms with E-state index in [1.54, 1.807) is 24.3 Å². The molecule has 0 fully saturated rings. The van der Waals surface area contributed by atoms with Gasteiger partial charge in [0.15, 0.2) is 0 Å². The lowest BCUT2D eigenvalue weighted by Crippen LogP contribution is -2.33. The number of aromatic nitrogens is 1. The molecule has 1 aliphatic heterocycles. The first-order valence-corrected chi connectivity index (χ1v) is 11.0. The van der Waals surface area contributed by atoms with E-state index < -0.39 is 21.8 Å². The van der Waals surface area contributed by atoms with E-state index in [4.69, 9.17) is 11.6 Å².